The van der Waals surface area contributed by atoms with Crippen molar-refractivity contribution >= 4 is 17.9 Å². The number of carboxylic acid groups (broad SMARTS) is 1. The van der Waals surface area contributed by atoms with Crippen molar-refractivity contribution in [3.05, 3.63) is 36.5 Å². The minimum Gasteiger partial charge on any atom is -0.544 e. The third kappa shape index (κ3) is 37.1. The number of aliphatic carboxylic acids is 1. The van der Waals surface area contributed by atoms with E-state index in [0.29, 0.717) is 12.8 Å². The van der Waals surface area contributed by atoms with E-state index in [1.165, 1.54) is 116 Å². The maximum Gasteiger partial charge on any atom is 0.306 e. The summed E-state index contributed by atoms with van der Waals surface area (Å²) < 4.78 is 17.1. The monoisotopic (exact) mass is 790 g/mol. The first kappa shape index (κ1) is 53.6. The number of carbonyl (C=O) groups excluding carboxylic acids is 3. The molecule has 0 amide bonds. The van der Waals surface area contributed by atoms with Gasteiger partial charge in [0.2, 0.25) is 0 Å². The van der Waals surface area contributed by atoms with Gasteiger partial charge in [-0.05, 0) is 57.8 Å². The van der Waals surface area contributed by atoms with Gasteiger partial charge in [-0.25, -0.2) is 0 Å². The largest absolute Gasteiger partial charge is 0.544 e. The summed E-state index contributed by atoms with van der Waals surface area (Å²) >= 11 is 0. The zero-order chi connectivity index (χ0) is 41.4. The second-order valence-electron chi connectivity index (χ2n) is 16.7. The van der Waals surface area contributed by atoms with Gasteiger partial charge >= 0.3 is 11.9 Å². The summed E-state index contributed by atoms with van der Waals surface area (Å²) in [6.07, 6.45) is 44.6. The van der Waals surface area contributed by atoms with E-state index in [1.807, 2.05) is 0 Å². The molecule has 0 rings (SSSR count). The van der Waals surface area contributed by atoms with Crippen molar-refractivity contribution < 1.29 is 38.2 Å². The van der Waals surface area contributed by atoms with Crippen LogP contribution >= 0.6 is 0 Å². The normalized spacial score (nSPS) is 13.2. The highest BCUT2D eigenvalue weighted by Gasteiger charge is 2.25. The smallest absolute Gasteiger partial charge is 0.306 e. The Morgan fingerprint density at radius 1 is 0.536 bits per heavy atom. The molecule has 0 saturated heterocycles. The highest BCUT2D eigenvalue weighted by molar-refractivity contribution is 5.70. The van der Waals surface area contributed by atoms with Crippen LogP contribution in [0.4, 0.5) is 0 Å². The minimum absolute atomic E-state index is 0.0314. The topological polar surface area (TPSA) is 102 Å². The Balaban J connectivity index is 4.27. The maximum absolute atomic E-state index is 12.7. The molecule has 56 heavy (non-hydrogen) atoms. The lowest BCUT2D eigenvalue weighted by Crippen LogP contribution is -2.55. The number of nitrogens with zero attached hydrogens (tertiary/aromatic N) is 1. The Kier molecular flexibility index (Phi) is 37.7. The SMILES string of the molecule is CCCC/C=C/C=C/CCCCCC(=O)OCC(COCCC(C(=O)[O-])[N+](C)(C)C)OC(=O)CCCCCCCCC/C=C/CCCCCCCCCCCC. The van der Waals surface area contributed by atoms with Crippen LogP contribution in [0.2, 0.25) is 0 Å². The molecule has 0 aromatic rings. The summed E-state index contributed by atoms with van der Waals surface area (Å²) in [6.45, 7) is 4.58. The maximum atomic E-state index is 12.7. The van der Waals surface area contributed by atoms with Crippen LogP contribution in [0.25, 0.3) is 0 Å². The molecule has 0 aliphatic heterocycles. The summed E-state index contributed by atoms with van der Waals surface area (Å²) in [4.78, 5) is 36.8. The van der Waals surface area contributed by atoms with Crippen LogP contribution in [0.1, 0.15) is 200 Å². The van der Waals surface area contributed by atoms with E-state index < -0.39 is 18.1 Å². The van der Waals surface area contributed by atoms with E-state index >= 15 is 0 Å². The number of likely N-dealkylation sites (N-methyl/N-ethyl adjacent to an activating group) is 1. The molecule has 0 fully saturated rings. The lowest BCUT2D eigenvalue weighted by molar-refractivity contribution is -0.889. The van der Waals surface area contributed by atoms with Crippen LogP contribution in [0.15, 0.2) is 36.5 Å². The van der Waals surface area contributed by atoms with Crippen LogP contribution in [0, 0.1) is 0 Å². The van der Waals surface area contributed by atoms with Crippen LogP contribution in [0.5, 0.6) is 0 Å². The van der Waals surface area contributed by atoms with Crippen molar-refractivity contribution in [2.24, 2.45) is 0 Å². The molecule has 0 aromatic carbocycles. The molecular formula is C48H87NO7. The molecule has 0 heterocycles. The molecule has 0 aromatic heterocycles. The van der Waals surface area contributed by atoms with Crippen LogP contribution in [0.3, 0.4) is 0 Å². The van der Waals surface area contributed by atoms with Crippen LogP contribution in [-0.4, -0.2) is 75.5 Å². The summed E-state index contributed by atoms with van der Waals surface area (Å²) in [6, 6.07) is -0.729. The molecule has 0 aliphatic carbocycles. The van der Waals surface area contributed by atoms with Crippen molar-refractivity contribution in [3.63, 3.8) is 0 Å². The third-order valence-electron chi connectivity index (χ3n) is 10.3. The zero-order valence-electron chi connectivity index (χ0n) is 37.1. The first-order chi connectivity index (χ1) is 27.1. The molecule has 0 aliphatic rings. The fourth-order valence-corrected chi connectivity index (χ4v) is 6.63. The predicted molar refractivity (Wildman–Crippen MR) is 231 cm³/mol. The van der Waals surface area contributed by atoms with Gasteiger partial charge in [0.15, 0.2) is 6.10 Å². The number of carboxylic acids is 1. The number of quaternary nitrogens is 1. The van der Waals surface area contributed by atoms with Crippen molar-refractivity contribution in [1.29, 1.82) is 0 Å². The summed E-state index contributed by atoms with van der Waals surface area (Å²) in [5, 5.41) is 11.6. The molecule has 0 spiro atoms. The van der Waals surface area contributed by atoms with Gasteiger partial charge in [0.05, 0.1) is 40.3 Å². The molecule has 0 saturated carbocycles. The number of carbonyl (C=O) groups is 3. The lowest BCUT2D eigenvalue weighted by atomic mass is 10.1. The second-order valence-corrected chi connectivity index (χ2v) is 16.7. The Hall–Kier alpha value is -2.45. The molecular weight excluding hydrogens is 703 g/mol. The van der Waals surface area contributed by atoms with Crippen molar-refractivity contribution in [1.82, 2.24) is 0 Å². The van der Waals surface area contributed by atoms with Gasteiger partial charge in [-0.1, -0.05) is 159 Å². The summed E-state index contributed by atoms with van der Waals surface area (Å²) in [5.74, 6) is -1.77. The fraction of sp³-hybridized carbons (Fsp3) is 0.812. The number of hydrogen-bond acceptors (Lipinski definition) is 7. The van der Waals surface area contributed by atoms with Gasteiger partial charge in [0.25, 0.3) is 0 Å². The first-order valence-corrected chi connectivity index (χ1v) is 23.0. The molecule has 326 valence electrons. The quantitative estimate of drug-likeness (QED) is 0.0200. The molecule has 0 bridgehead atoms. The lowest BCUT2D eigenvalue weighted by Gasteiger charge is -2.34. The van der Waals surface area contributed by atoms with Gasteiger partial charge in [-0.15, -0.1) is 0 Å². The van der Waals surface area contributed by atoms with E-state index in [2.05, 4.69) is 50.3 Å². The van der Waals surface area contributed by atoms with Gasteiger partial charge in [0, 0.05) is 19.3 Å². The molecule has 8 nitrogen and oxygen atoms in total. The van der Waals surface area contributed by atoms with E-state index in [9.17, 15) is 19.5 Å². The van der Waals surface area contributed by atoms with Gasteiger partial charge in [0.1, 0.15) is 12.6 Å². The summed E-state index contributed by atoms with van der Waals surface area (Å²) in [7, 11) is 5.40. The highest BCUT2D eigenvalue weighted by Crippen LogP contribution is 2.14. The number of ether oxygens (including phenoxy) is 3. The molecule has 0 radical (unpaired) electrons. The Morgan fingerprint density at radius 3 is 1.46 bits per heavy atom. The van der Waals surface area contributed by atoms with E-state index in [4.69, 9.17) is 14.2 Å². The van der Waals surface area contributed by atoms with Crippen molar-refractivity contribution in [2.75, 3.05) is 41.0 Å². The Morgan fingerprint density at radius 2 is 0.964 bits per heavy atom. The van der Waals surface area contributed by atoms with E-state index in [1.54, 1.807) is 21.1 Å². The van der Waals surface area contributed by atoms with Gasteiger partial charge in [-0.3, -0.25) is 9.59 Å². The average molecular weight is 790 g/mol. The van der Waals surface area contributed by atoms with E-state index in [0.717, 1.165) is 51.4 Å². The molecule has 2 unspecified atom stereocenters. The standard InChI is InChI=1S/C48H87NO7/c1-6-8-10-12-14-16-18-19-20-21-22-23-24-25-26-27-29-31-33-35-37-39-47(51)56-44(42-54-41-40-45(48(52)53)49(3,4)5)43-55-46(50)38-36-34-32-30-28-17-15-13-11-9-7-2/h13,15,17,23-24,28,44-45H,6-12,14,16,18-22,25-27,29-43H2,1-5H3/b15-13+,24-23+,28-17+. The second kappa shape index (κ2) is 39.4. The van der Waals surface area contributed by atoms with Crippen molar-refractivity contribution in [2.45, 2.75) is 212 Å². The van der Waals surface area contributed by atoms with Crippen LogP contribution < -0.4 is 5.11 Å². The summed E-state index contributed by atoms with van der Waals surface area (Å²) in [5.41, 5.74) is 0. The highest BCUT2D eigenvalue weighted by atomic mass is 16.6. The third-order valence-corrected chi connectivity index (χ3v) is 10.3. The van der Waals surface area contributed by atoms with E-state index in [-0.39, 0.29) is 42.7 Å². The van der Waals surface area contributed by atoms with Crippen LogP contribution in [-0.2, 0) is 28.6 Å². The number of hydrogen-bond donors (Lipinski definition) is 0. The first-order valence-electron chi connectivity index (χ1n) is 23.0. The van der Waals surface area contributed by atoms with Gasteiger partial charge < -0.3 is 28.6 Å². The number of unbranched alkanes of at least 4 members (excludes halogenated alkanes) is 22. The predicted octanol–water partition coefficient (Wildman–Crippen LogP) is 11.3. The zero-order valence-corrected chi connectivity index (χ0v) is 37.1. The Labute approximate surface area is 344 Å². The molecule has 2 atom stereocenters. The molecule has 0 N–H and O–H groups in total. The average Bonchev–Trinajstić information content (AvgIpc) is 3.15. The fourth-order valence-electron chi connectivity index (χ4n) is 6.63. The molecule has 8 heteroatoms. The van der Waals surface area contributed by atoms with Crippen molar-refractivity contribution in [3.8, 4) is 0 Å². The number of esters is 2. The number of allylic oxidation sites excluding steroid dienone is 6. The Bertz CT molecular complexity index is 1020. The minimum atomic E-state index is -1.13. The number of rotatable bonds is 41. The van der Waals surface area contributed by atoms with Gasteiger partial charge in [-0.2, -0.15) is 0 Å².